The largest absolute Gasteiger partial charge is 0.486 e. The van der Waals surface area contributed by atoms with E-state index in [1.807, 2.05) is 29.2 Å². The van der Waals surface area contributed by atoms with Gasteiger partial charge in [-0.05, 0) is 30.7 Å². The molecule has 1 atom stereocenters. The van der Waals surface area contributed by atoms with Crippen molar-refractivity contribution in [2.24, 2.45) is 0 Å². The van der Waals surface area contributed by atoms with Gasteiger partial charge in [-0.25, -0.2) is 0 Å². The molecule has 0 N–H and O–H groups in total. The summed E-state index contributed by atoms with van der Waals surface area (Å²) < 4.78 is 18.8. The lowest BCUT2D eigenvalue weighted by atomic mass is 10.1. The molecular weight excluding hydrogens is 320 g/mol. The molecule has 1 aromatic heterocycles. The Labute approximate surface area is 146 Å². The fourth-order valence-electron chi connectivity index (χ4n) is 3.57. The standard InChI is InChI=1S/C19H22N2O4/c1-23-9-7-15-13-20(12-14-4-3-8-21(14)15)19(22)16-5-2-6-17-18(16)25-11-10-24-17/h2-6,8,15H,7,9-13H2,1H3. The van der Waals surface area contributed by atoms with Gasteiger partial charge in [0, 0.05) is 32.2 Å². The Kier molecular flexibility index (Phi) is 4.36. The van der Waals surface area contributed by atoms with E-state index in [2.05, 4.69) is 16.8 Å². The Morgan fingerprint density at radius 1 is 1.24 bits per heavy atom. The highest BCUT2D eigenvalue weighted by molar-refractivity contribution is 5.98. The molecule has 0 radical (unpaired) electrons. The number of fused-ring (bicyclic) bond motifs is 2. The Hall–Kier alpha value is -2.47. The van der Waals surface area contributed by atoms with Crippen LogP contribution < -0.4 is 9.47 Å². The normalized spacial score (nSPS) is 18.8. The predicted octanol–water partition coefficient (Wildman–Crippen LogP) is 2.49. The molecule has 2 aromatic rings. The molecule has 0 saturated heterocycles. The second kappa shape index (κ2) is 6.80. The molecule has 1 aromatic carbocycles. The quantitative estimate of drug-likeness (QED) is 0.857. The zero-order valence-electron chi connectivity index (χ0n) is 14.3. The van der Waals surface area contributed by atoms with E-state index in [-0.39, 0.29) is 11.9 Å². The second-order valence-electron chi connectivity index (χ2n) is 6.36. The fourth-order valence-corrected chi connectivity index (χ4v) is 3.57. The average Bonchev–Trinajstić information content (AvgIpc) is 3.13. The van der Waals surface area contributed by atoms with Crippen molar-refractivity contribution in [1.29, 1.82) is 0 Å². The van der Waals surface area contributed by atoms with Gasteiger partial charge in [0.1, 0.15) is 13.2 Å². The molecule has 0 fully saturated rings. The third kappa shape index (κ3) is 2.98. The van der Waals surface area contributed by atoms with Crippen LogP contribution in [-0.4, -0.2) is 48.8 Å². The van der Waals surface area contributed by atoms with Gasteiger partial charge in [-0.1, -0.05) is 6.07 Å². The van der Waals surface area contributed by atoms with Gasteiger partial charge in [0.15, 0.2) is 11.5 Å². The molecule has 6 heteroatoms. The third-order valence-corrected chi connectivity index (χ3v) is 4.78. The molecule has 0 saturated carbocycles. The first-order chi connectivity index (χ1) is 12.3. The van der Waals surface area contributed by atoms with Crippen molar-refractivity contribution >= 4 is 5.91 Å². The van der Waals surface area contributed by atoms with E-state index in [4.69, 9.17) is 14.2 Å². The van der Waals surface area contributed by atoms with E-state index in [9.17, 15) is 4.79 Å². The van der Waals surface area contributed by atoms with Gasteiger partial charge in [0.05, 0.1) is 18.2 Å². The van der Waals surface area contributed by atoms with Crippen molar-refractivity contribution in [2.75, 3.05) is 33.5 Å². The maximum atomic E-state index is 13.2. The van der Waals surface area contributed by atoms with Crippen LogP contribution in [0.1, 0.15) is 28.5 Å². The topological polar surface area (TPSA) is 52.9 Å². The zero-order valence-corrected chi connectivity index (χ0v) is 14.3. The number of aromatic nitrogens is 1. The van der Waals surface area contributed by atoms with Crippen LogP contribution >= 0.6 is 0 Å². The minimum absolute atomic E-state index is 0.0165. The van der Waals surface area contributed by atoms with Gasteiger partial charge < -0.3 is 23.7 Å². The van der Waals surface area contributed by atoms with Crippen LogP contribution in [0, 0.1) is 0 Å². The molecule has 0 spiro atoms. The molecule has 0 aliphatic carbocycles. The molecule has 25 heavy (non-hydrogen) atoms. The van der Waals surface area contributed by atoms with Crippen LogP contribution in [0.2, 0.25) is 0 Å². The summed E-state index contributed by atoms with van der Waals surface area (Å²) in [6.45, 7) is 2.91. The van der Waals surface area contributed by atoms with Crippen molar-refractivity contribution in [2.45, 2.75) is 19.0 Å². The van der Waals surface area contributed by atoms with Crippen molar-refractivity contribution in [1.82, 2.24) is 9.47 Å². The van der Waals surface area contributed by atoms with Gasteiger partial charge in [0.25, 0.3) is 5.91 Å². The van der Waals surface area contributed by atoms with Crippen LogP contribution in [-0.2, 0) is 11.3 Å². The van der Waals surface area contributed by atoms with Crippen LogP contribution in [0.25, 0.3) is 0 Å². The fraction of sp³-hybridized carbons (Fsp3) is 0.421. The van der Waals surface area contributed by atoms with E-state index >= 15 is 0 Å². The zero-order chi connectivity index (χ0) is 17.2. The van der Waals surface area contributed by atoms with Crippen LogP contribution in [0.5, 0.6) is 11.5 Å². The summed E-state index contributed by atoms with van der Waals surface area (Å²) in [5.41, 5.74) is 1.71. The number of amides is 1. The van der Waals surface area contributed by atoms with Gasteiger partial charge in [-0.3, -0.25) is 4.79 Å². The molecule has 6 nitrogen and oxygen atoms in total. The Balaban J connectivity index is 1.61. The summed E-state index contributed by atoms with van der Waals surface area (Å²) in [4.78, 5) is 15.1. The number of hydrogen-bond donors (Lipinski definition) is 0. The Morgan fingerprint density at radius 2 is 2.12 bits per heavy atom. The highest BCUT2D eigenvalue weighted by Gasteiger charge is 2.30. The number of carbonyl (C=O) groups excluding carboxylic acids is 1. The molecule has 0 bridgehead atoms. The van der Waals surface area contributed by atoms with E-state index < -0.39 is 0 Å². The van der Waals surface area contributed by atoms with Gasteiger partial charge >= 0.3 is 0 Å². The lowest BCUT2D eigenvalue weighted by Crippen LogP contribution is -2.41. The van der Waals surface area contributed by atoms with E-state index in [1.54, 1.807) is 7.11 Å². The SMILES string of the molecule is COCCC1CN(C(=O)c2cccc3c2OCCO3)Cc2cccn21. The first-order valence-electron chi connectivity index (χ1n) is 8.60. The molecule has 1 unspecified atom stereocenters. The molecule has 132 valence electrons. The first kappa shape index (κ1) is 16.0. The number of carbonyl (C=O) groups is 1. The molecule has 4 rings (SSSR count). The summed E-state index contributed by atoms with van der Waals surface area (Å²) >= 11 is 0. The van der Waals surface area contributed by atoms with E-state index in [1.165, 1.54) is 0 Å². The van der Waals surface area contributed by atoms with Crippen molar-refractivity contribution in [3.8, 4) is 11.5 Å². The van der Waals surface area contributed by atoms with Crippen LogP contribution in [0.4, 0.5) is 0 Å². The van der Waals surface area contributed by atoms with Crippen molar-refractivity contribution in [3.63, 3.8) is 0 Å². The van der Waals surface area contributed by atoms with Crippen molar-refractivity contribution in [3.05, 3.63) is 47.8 Å². The number of hydrogen-bond acceptors (Lipinski definition) is 4. The minimum atomic E-state index is -0.0165. The average molecular weight is 342 g/mol. The summed E-state index contributed by atoms with van der Waals surface area (Å²) in [6.07, 6.45) is 2.95. The van der Waals surface area contributed by atoms with Crippen LogP contribution in [0.3, 0.4) is 0 Å². The third-order valence-electron chi connectivity index (χ3n) is 4.78. The molecule has 1 amide bonds. The highest BCUT2D eigenvalue weighted by Crippen LogP contribution is 2.35. The first-order valence-corrected chi connectivity index (χ1v) is 8.60. The lowest BCUT2D eigenvalue weighted by molar-refractivity contribution is 0.0644. The number of rotatable bonds is 4. The number of nitrogens with zero attached hydrogens (tertiary/aromatic N) is 2. The lowest BCUT2D eigenvalue weighted by Gasteiger charge is -2.35. The van der Waals surface area contributed by atoms with E-state index in [0.717, 1.165) is 12.1 Å². The molecule has 2 aliphatic heterocycles. The summed E-state index contributed by atoms with van der Waals surface area (Å²) in [5.74, 6) is 1.19. The van der Waals surface area contributed by atoms with Gasteiger partial charge in [0.2, 0.25) is 0 Å². The highest BCUT2D eigenvalue weighted by atomic mass is 16.6. The number of ether oxygens (including phenoxy) is 3. The molecular formula is C19H22N2O4. The second-order valence-corrected chi connectivity index (χ2v) is 6.36. The number of methoxy groups -OCH3 is 1. The van der Waals surface area contributed by atoms with E-state index in [0.29, 0.717) is 50.0 Å². The summed E-state index contributed by atoms with van der Waals surface area (Å²) in [7, 11) is 1.70. The number of para-hydroxylation sites is 1. The monoisotopic (exact) mass is 342 g/mol. The van der Waals surface area contributed by atoms with Crippen molar-refractivity contribution < 1.29 is 19.0 Å². The summed E-state index contributed by atoms with van der Waals surface area (Å²) in [5, 5.41) is 0. The van der Waals surface area contributed by atoms with Crippen LogP contribution in [0.15, 0.2) is 36.5 Å². The minimum Gasteiger partial charge on any atom is -0.486 e. The smallest absolute Gasteiger partial charge is 0.258 e. The van der Waals surface area contributed by atoms with Gasteiger partial charge in [-0.2, -0.15) is 0 Å². The maximum absolute atomic E-state index is 13.2. The Bertz CT molecular complexity index is 771. The Morgan fingerprint density at radius 3 is 3.00 bits per heavy atom. The van der Waals surface area contributed by atoms with Gasteiger partial charge in [-0.15, -0.1) is 0 Å². The predicted molar refractivity (Wildman–Crippen MR) is 92.1 cm³/mol. The molecule has 2 aliphatic rings. The maximum Gasteiger partial charge on any atom is 0.258 e. The molecule has 3 heterocycles. The number of benzene rings is 1. The summed E-state index contributed by atoms with van der Waals surface area (Å²) in [6, 6.07) is 9.82.